The average molecular weight is 840 g/mol. The van der Waals surface area contributed by atoms with Gasteiger partial charge in [0.2, 0.25) is 5.91 Å². The standard InChI is InChI=1S/C40H40F5N3O2.C4H6O6/c1-3-46(4-2)23-24-47(25-28-15-17-29(18-16-28)30-19-21-33(22-20-30)40(43,44)45)37(49)27-48-26-32(39(50)34-12-5-6-14-36(34)48)11-7-9-31-10-8-13-35(41)38(31)42;5-1(3(7)8)2(6)4(9)10/h5-6,8,10,12-22,26H,3-4,7,9,11,23-25,27H2,1-2H3;1-2,5-6H,(H,7,8)(H,9,10)/t;1-,2-/m.1/s1. The summed E-state index contributed by atoms with van der Waals surface area (Å²) >= 11 is 0. The number of carbonyl (C=O) groups is 3. The maximum atomic E-state index is 14.2. The number of pyridine rings is 1. The summed E-state index contributed by atoms with van der Waals surface area (Å²) in [7, 11) is 0. The summed E-state index contributed by atoms with van der Waals surface area (Å²) in [5.74, 6) is -5.47. The highest BCUT2D eigenvalue weighted by molar-refractivity contribution is 5.83. The third-order valence-corrected chi connectivity index (χ3v) is 9.90. The number of carboxylic acids is 2. The van der Waals surface area contributed by atoms with E-state index in [0.717, 1.165) is 42.4 Å². The van der Waals surface area contributed by atoms with Crippen LogP contribution < -0.4 is 5.43 Å². The highest BCUT2D eigenvalue weighted by Crippen LogP contribution is 2.31. The van der Waals surface area contributed by atoms with Gasteiger partial charge in [-0.3, -0.25) is 9.59 Å². The Morgan fingerprint density at radius 2 is 1.30 bits per heavy atom. The Kier molecular flexibility index (Phi) is 16.6. The van der Waals surface area contributed by atoms with Crippen molar-refractivity contribution in [3.05, 3.63) is 141 Å². The number of aliphatic hydroxyl groups is 2. The van der Waals surface area contributed by atoms with Gasteiger partial charge in [0.05, 0.1) is 11.1 Å². The molecule has 1 amide bonds. The smallest absolute Gasteiger partial charge is 0.416 e. The fourth-order valence-electron chi connectivity index (χ4n) is 6.41. The zero-order valence-corrected chi connectivity index (χ0v) is 32.9. The summed E-state index contributed by atoms with van der Waals surface area (Å²) < 4.78 is 68.8. The van der Waals surface area contributed by atoms with Crippen molar-refractivity contribution < 1.29 is 56.8 Å². The second-order valence-electron chi connectivity index (χ2n) is 13.9. The molecule has 60 heavy (non-hydrogen) atoms. The van der Waals surface area contributed by atoms with Gasteiger partial charge in [0.15, 0.2) is 29.3 Å². The molecule has 2 atom stereocenters. The first-order chi connectivity index (χ1) is 28.4. The Hall–Kier alpha value is -5.97. The topological polar surface area (TPSA) is 161 Å². The number of alkyl halides is 3. The normalized spacial score (nSPS) is 12.4. The highest BCUT2D eigenvalue weighted by atomic mass is 19.4. The van der Waals surface area contributed by atoms with E-state index in [0.29, 0.717) is 54.5 Å². The van der Waals surface area contributed by atoms with Crippen molar-refractivity contribution in [3.8, 4) is 11.1 Å². The number of amides is 1. The first-order valence-electron chi connectivity index (χ1n) is 19.1. The molecule has 5 aromatic rings. The van der Waals surface area contributed by atoms with Crippen LogP contribution in [0.1, 0.15) is 42.5 Å². The van der Waals surface area contributed by atoms with Crippen LogP contribution in [0, 0.1) is 11.6 Å². The van der Waals surface area contributed by atoms with Gasteiger partial charge in [0.25, 0.3) is 0 Å². The quantitative estimate of drug-likeness (QED) is 0.0779. The Morgan fingerprint density at radius 1 is 0.733 bits per heavy atom. The van der Waals surface area contributed by atoms with E-state index in [2.05, 4.69) is 18.7 Å². The number of aliphatic carboxylic acids is 2. The predicted octanol–water partition coefficient (Wildman–Crippen LogP) is 6.39. The lowest BCUT2D eigenvalue weighted by Crippen LogP contribution is -2.40. The summed E-state index contributed by atoms with van der Waals surface area (Å²) in [5, 5.41) is 33.0. The molecule has 5 rings (SSSR count). The van der Waals surface area contributed by atoms with Gasteiger partial charge in [-0.2, -0.15) is 13.2 Å². The summed E-state index contributed by atoms with van der Waals surface area (Å²) in [6, 6.07) is 23.6. The SMILES string of the molecule is CCN(CC)CCN(Cc1ccc(-c2ccc(C(F)(F)F)cc2)cc1)C(=O)Cn1cc(CCCc2cccc(F)c2F)c(=O)c2ccccc21.O=C(O)[C@H](O)[C@@H](O)C(=O)O. The van der Waals surface area contributed by atoms with E-state index in [1.807, 2.05) is 30.3 Å². The van der Waals surface area contributed by atoms with Gasteiger partial charge in [0, 0.05) is 36.8 Å². The van der Waals surface area contributed by atoms with Crippen molar-refractivity contribution in [3.63, 3.8) is 0 Å². The van der Waals surface area contributed by atoms with Gasteiger partial charge in [-0.1, -0.05) is 74.5 Å². The molecule has 1 heterocycles. The predicted molar refractivity (Wildman–Crippen MR) is 214 cm³/mol. The fourth-order valence-corrected chi connectivity index (χ4v) is 6.41. The lowest BCUT2D eigenvalue weighted by atomic mass is 10.0. The van der Waals surface area contributed by atoms with Crippen LogP contribution in [0.25, 0.3) is 22.0 Å². The van der Waals surface area contributed by atoms with E-state index in [9.17, 15) is 41.1 Å². The molecule has 0 saturated carbocycles. The van der Waals surface area contributed by atoms with Gasteiger partial charge in [-0.15, -0.1) is 0 Å². The van der Waals surface area contributed by atoms with Crippen molar-refractivity contribution in [2.24, 2.45) is 0 Å². The van der Waals surface area contributed by atoms with Crippen LogP contribution in [-0.4, -0.2) is 91.0 Å². The van der Waals surface area contributed by atoms with Crippen LogP contribution in [0.3, 0.4) is 0 Å². The van der Waals surface area contributed by atoms with Crippen LogP contribution in [0.15, 0.2) is 102 Å². The van der Waals surface area contributed by atoms with E-state index in [4.69, 9.17) is 20.4 Å². The van der Waals surface area contributed by atoms with Crippen molar-refractivity contribution in [1.29, 1.82) is 0 Å². The molecule has 4 N–H and O–H groups in total. The number of aromatic nitrogens is 1. The molecule has 0 bridgehead atoms. The molecule has 0 aliphatic carbocycles. The van der Waals surface area contributed by atoms with E-state index in [-0.39, 0.29) is 29.9 Å². The summed E-state index contributed by atoms with van der Waals surface area (Å²) in [5.41, 5.74) is 2.77. The number of rotatable bonds is 17. The summed E-state index contributed by atoms with van der Waals surface area (Å²) in [4.78, 5) is 51.0. The Balaban J connectivity index is 0.000000703. The molecule has 1 aromatic heterocycles. The highest BCUT2D eigenvalue weighted by Gasteiger charge is 2.30. The number of aryl methyl sites for hydroxylation is 2. The molecular weight excluding hydrogens is 793 g/mol. The number of carboxylic acid groups (broad SMARTS) is 2. The van der Waals surface area contributed by atoms with E-state index in [1.54, 1.807) is 33.9 Å². The molecule has 0 saturated heterocycles. The molecule has 16 heteroatoms. The number of para-hydroxylation sites is 1. The molecule has 0 fully saturated rings. The molecule has 0 radical (unpaired) electrons. The first-order valence-corrected chi connectivity index (χ1v) is 19.1. The number of likely N-dealkylation sites (N-methyl/N-ethyl adjacent to an activating group) is 1. The first kappa shape index (κ1) is 46.7. The number of nitrogens with zero attached hydrogens (tertiary/aromatic N) is 3. The largest absolute Gasteiger partial charge is 0.479 e. The number of hydrogen-bond acceptors (Lipinski definition) is 7. The van der Waals surface area contributed by atoms with Crippen molar-refractivity contribution in [2.75, 3.05) is 26.2 Å². The molecule has 320 valence electrons. The minimum atomic E-state index is -4.41. The van der Waals surface area contributed by atoms with Crippen LogP contribution in [-0.2, 0) is 46.5 Å². The van der Waals surface area contributed by atoms with Crippen molar-refractivity contribution >= 4 is 28.7 Å². The second-order valence-corrected chi connectivity index (χ2v) is 13.9. The fraction of sp³-hybridized carbons (Fsp3) is 0.318. The van der Waals surface area contributed by atoms with Crippen LogP contribution >= 0.6 is 0 Å². The number of carbonyl (C=O) groups excluding carboxylic acids is 1. The minimum absolute atomic E-state index is 0.0196. The maximum Gasteiger partial charge on any atom is 0.416 e. The lowest BCUT2D eigenvalue weighted by Gasteiger charge is -2.27. The van der Waals surface area contributed by atoms with Crippen molar-refractivity contribution in [2.45, 2.75) is 64.6 Å². The number of benzene rings is 4. The molecule has 0 aliphatic rings. The average Bonchev–Trinajstić information content (AvgIpc) is 3.23. The Morgan fingerprint density at radius 3 is 1.87 bits per heavy atom. The van der Waals surface area contributed by atoms with E-state index < -0.39 is 47.5 Å². The van der Waals surface area contributed by atoms with Crippen LogP contribution in [0.4, 0.5) is 22.0 Å². The van der Waals surface area contributed by atoms with E-state index in [1.165, 1.54) is 24.3 Å². The number of halogens is 5. The zero-order valence-electron chi connectivity index (χ0n) is 32.9. The lowest BCUT2D eigenvalue weighted by molar-refractivity contribution is -0.165. The molecule has 4 aromatic carbocycles. The molecule has 11 nitrogen and oxygen atoms in total. The minimum Gasteiger partial charge on any atom is -0.479 e. The van der Waals surface area contributed by atoms with Gasteiger partial charge in [-0.25, -0.2) is 18.4 Å². The number of aliphatic hydroxyl groups excluding tert-OH is 2. The van der Waals surface area contributed by atoms with Crippen LogP contribution in [0.5, 0.6) is 0 Å². The maximum absolute atomic E-state index is 14.2. The van der Waals surface area contributed by atoms with Gasteiger partial charge in [-0.05, 0) is 84.9 Å². The molecule has 0 aliphatic heterocycles. The second kappa shape index (κ2) is 21.3. The number of hydrogen-bond donors (Lipinski definition) is 4. The van der Waals surface area contributed by atoms with E-state index >= 15 is 0 Å². The Bertz CT molecular complexity index is 2280. The van der Waals surface area contributed by atoms with Gasteiger partial charge < -0.3 is 34.8 Å². The molecule has 0 unspecified atom stereocenters. The third kappa shape index (κ3) is 12.5. The monoisotopic (exact) mass is 839 g/mol. The zero-order chi connectivity index (χ0) is 44.1. The summed E-state index contributed by atoms with van der Waals surface area (Å²) in [6.45, 7) is 7.20. The van der Waals surface area contributed by atoms with Crippen molar-refractivity contribution in [1.82, 2.24) is 14.4 Å². The molecular formula is C44H46F5N3O8. The van der Waals surface area contributed by atoms with Gasteiger partial charge >= 0.3 is 18.1 Å². The third-order valence-electron chi connectivity index (χ3n) is 9.90. The summed E-state index contributed by atoms with van der Waals surface area (Å²) in [6.07, 6.45) is -6.24. The van der Waals surface area contributed by atoms with Gasteiger partial charge in [0.1, 0.15) is 6.54 Å². The molecule has 0 spiro atoms. The number of fused-ring (bicyclic) bond motifs is 1. The Labute approximate surface area is 342 Å². The van der Waals surface area contributed by atoms with Crippen LogP contribution in [0.2, 0.25) is 0 Å².